The summed E-state index contributed by atoms with van der Waals surface area (Å²) in [5.74, 6) is 0.00764. The molecular weight excluding hydrogens is 264 g/mol. The summed E-state index contributed by atoms with van der Waals surface area (Å²) in [6.45, 7) is 0.905. The van der Waals surface area contributed by atoms with E-state index in [0.29, 0.717) is 6.42 Å². The van der Waals surface area contributed by atoms with Gasteiger partial charge in [0.2, 0.25) is 5.91 Å². The lowest BCUT2D eigenvalue weighted by Gasteiger charge is -2.20. The van der Waals surface area contributed by atoms with Crippen LogP contribution < -0.4 is 10.6 Å². The van der Waals surface area contributed by atoms with Crippen LogP contribution in [0.1, 0.15) is 30.0 Å². The first kappa shape index (κ1) is 14.3. The smallest absolute Gasteiger partial charge is 0.237 e. The molecule has 2 aliphatic rings. The third-order valence-electron chi connectivity index (χ3n) is 3.88. The minimum atomic E-state index is -0.507. The SMILES string of the molecule is Cl.O=C(N[C@@H]1c2ccccc2C[C@@H]1O)C1CCCN1. The standard InChI is InChI=1S/C14H18N2O2.ClH/c17-12-8-9-4-1-2-5-10(9)13(12)16-14(18)11-6-3-7-15-11;/h1-2,4-5,11-13,15,17H,3,6-8H2,(H,16,18);1H/t11?,12-,13+;/m0./s1. The molecule has 3 N–H and O–H groups in total. The highest BCUT2D eigenvalue weighted by Gasteiger charge is 2.33. The zero-order valence-electron chi connectivity index (χ0n) is 10.6. The zero-order valence-corrected chi connectivity index (χ0v) is 11.5. The number of halogens is 1. The minimum absolute atomic E-state index is 0. The Labute approximate surface area is 119 Å². The number of fused-ring (bicyclic) bond motifs is 1. The van der Waals surface area contributed by atoms with Gasteiger partial charge in [0.15, 0.2) is 0 Å². The number of hydrogen-bond donors (Lipinski definition) is 3. The van der Waals surface area contributed by atoms with Crippen molar-refractivity contribution in [2.45, 2.75) is 37.5 Å². The number of hydrogen-bond acceptors (Lipinski definition) is 3. The van der Waals surface area contributed by atoms with Gasteiger partial charge in [0.25, 0.3) is 0 Å². The maximum Gasteiger partial charge on any atom is 0.237 e. The molecule has 3 atom stereocenters. The molecule has 1 fully saturated rings. The van der Waals surface area contributed by atoms with Crippen LogP contribution in [0.2, 0.25) is 0 Å². The van der Waals surface area contributed by atoms with E-state index >= 15 is 0 Å². The van der Waals surface area contributed by atoms with Crippen molar-refractivity contribution >= 4 is 18.3 Å². The van der Waals surface area contributed by atoms with Crippen LogP contribution in [0.4, 0.5) is 0 Å². The Balaban J connectivity index is 0.00000133. The third-order valence-corrected chi connectivity index (χ3v) is 3.88. The summed E-state index contributed by atoms with van der Waals surface area (Å²) in [5.41, 5.74) is 2.19. The molecule has 1 aromatic carbocycles. The number of aliphatic hydroxyl groups is 1. The predicted octanol–water partition coefficient (Wildman–Crippen LogP) is 0.935. The Bertz CT molecular complexity index is 461. The summed E-state index contributed by atoms with van der Waals surface area (Å²) in [6.07, 6.45) is 2.05. The maximum absolute atomic E-state index is 12.1. The van der Waals surface area contributed by atoms with E-state index in [4.69, 9.17) is 0 Å². The molecule has 1 aromatic rings. The summed E-state index contributed by atoms with van der Waals surface area (Å²) in [7, 11) is 0. The summed E-state index contributed by atoms with van der Waals surface area (Å²) in [4.78, 5) is 12.1. The average molecular weight is 283 g/mol. The Hall–Kier alpha value is -1.10. The monoisotopic (exact) mass is 282 g/mol. The fraction of sp³-hybridized carbons (Fsp3) is 0.500. The molecular formula is C14H19ClN2O2. The van der Waals surface area contributed by atoms with Gasteiger partial charge in [0.05, 0.1) is 18.2 Å². The molecule has 5 heteroatoms. The lowest BCUT2D eigenvalue weighted by atomic mass is 10.1. The van der Waals surface area contributed by atoms with Gasteiger partial charge >= 0.3 is 0 Å². The first-order chi connectivity index (χ1) is 8.75. The van der Waals surface area contributed by atoms with Crippen LogP contribution in [0.3, 0.4) is 0 Å². The molecule has 3 rings (SSSR count). The normalized spacial score (nSPS) is 28.6. The summed E-state index contributed by atoms with van der Waals surface area (Å²) in [5, 5.41) is 16.2. The van der Waals surface area contributed by atoms with Crippen LogP contribution in [0.5, 0.6) is 0 Å². The number of carbonyl (C=O) groups is 1. The van der Waals surface area contributed by atoms with Crippen molar-refractivity contribution in [1.29, 1.82) is 0 Å². The molecule has 1 aliphatic carbocycles. The van der Waals surface area contributed by atoms with E-state index in [1.54, 1.807) is 0 Å². The highest BCUT2D eigenvalue weighted by Crippen LogP contribution is 2.31. The van der Waals surface area contributed by atoms with E-state index in [2.05, 4.69) is 10.6 Å². The second-order valence-electron chi connectivity index (χ2n) is 5.11. The highest BCUT2D eigenvalue weighted by atomic mass is 35.5. The number of carbonyl (C=O) groups excluding carboxylic acids is 1. The third kappa shape index (κ3) is 2.76. The van der Waals surface area contributed by atoms with Gasteiger partial charge in [-0.3, -0.25) is 4.79 Å². The van der Waals surface area contributed by atoms with Crippen molar-refractivity contribution in [3.05, 3.63) is 35.4 Å². The van der Waals surface area contributed by atoms with Gasteiger partial charge in [-0.1, -0.05) is 24.3 Å². The van der Waals surface area contributed by atoms with Gasteiger partial charge in [-0.25, -0.2) is 0 Å². The summed E-state index contributed by atoms with van der Waals surface area (Å²) in [6, 6.07) is 7.57. The first-order valence-corrected chi connectivity index (χ1v) is 6.55. The summed E-state index contributed by atoms with van der Waals surface area (Å²) >= 11 is 0. The molecule has 0 radical (unpaired) electrons. The van der Waals surface area contributed by atoms with Crippen molar-refractivity contribution in [2.75, 3.05) is 6.54 Å². The van der Waals surface area contributed by atoms with Crippen molar-refractivity contribution in [3.63, 3.8) is 0 Å². The van der Waals surface area contributed by atoms with Crippen molar-refractivity contribution in [3.8, 4) is 0 Å². The Morgan fingerprint density at radius 1 is 1.37 bits per heavy atom. The van der Waals surface area contributed by atoms with Gasteiger partial charge in [0, 0.05) is 6.42 Å². The van der Waals surface area contributed by atoms with Crippen LogP contribution >= 0.6 is 12.4 Å². The molecule has 1 saturated heterocycles. The molecule has 1 amide bonds. The number of nitrogens with one attached hydrogen (secondary N) is 2. The van der Waals surface area contributed by atoms with E-state index in [0.717, 1.165) is 30.5 Å². The summed E-state index contributed by atoms with van der Waals surface area (Å²) < 4.78 is 0. The molecule has 104 valence electrons. The fourth-order valence-corrected chi connectivity index (χ4v) is 2.91. The molecule has 0 aromatic heterocycles. The van der Waals surface area contributed by atoms with Crippen LogP contribution in [-0.4, -0.2) is 29.7 Å². The second-order valence-corrected chi connectivity index (χ2v) is 5.11. The topological polar surface area (TPSA) is 61.4 Å². The molecule has 0 bridgehead atoms. The Kier molecular flexibility index (Phi) is 4.45. The van der Waals surface area contributed by atoms with Crippen LogP contribution in [-0.2, 0) is 11.2 Å². The van der Waals surface area contributed by atoms with E-state index in [1.807, 2.05) is 24.3 Å². The minimum Gasteiger partial charge on any atom is -0.390 e. The van der Waals surface area contributed by atoms with Crippen molar-refractivity contribution in [2.24, 2.45) is 0 Å². The van der Waals surface area contributed by atoms with Crippen LogP contribution in [0.15, 0.2) is 24.3 Å². The number of aliphatic hydroxyl groups excluding tert-OH is 1. The van der Waals surface area contributed by atoms with Gasteiger partial charge in [-0.2, -0.15) is 0 Å². The number of benzene rings is 1. The number of amides is 1. The quantitative estimate of drug-likeness (QED) is 0.756. The van der Waals surface area contributed by atoms with Gasteiger partial charge in [0.1, 0.15) is 0 Å². The Morgan fingerprint density at radius 3 is 2.89 bits per heavy atom. The highest BCUT2D eigenvalue weighted by molar-refractivity contribution is 5.85. The lowest BCUT2D eigenvalue weighted by Crippen LogP contribution is -2.44. The molecule has 4 nitrogen and oxygen atoms in total. The fourth-order valence-electron chi connectivity index (χ4n) is 2.91. The lowest BCUT2D eigenvalue weighted by molar-refractivity contribution is -0.124. The van der Waals surface area contributed by atoms with E-state index < -0.39 is 6.10 Å². The van der Waals surface area contributed by atoms with Crippen LogP contribution in [0, 0.1) is 0 Å². The molecule has 1 heterocycles. The van der Waals surface area contributed by atoms with Gasteiger partial charge < -0.3 is 15.7 Å². The molecule has 1 unspecified atom stereocenters. The van der Waals surface area contributed by atoms with E-state index in [9.17, 15) is 9.90 Å². The second kappa shape index (κ2) is 5.90. The van der Waals surface area contributed by atoms with Gasteiger partial charge in [-0.05, 0) is 30.5 Å². The van der Waals surface area contributed by atoms with Gasteiger partial charge in [-0.15, -0.1) is 12.4 Å². The predicted molar refractivity (Wildman–Crippen MR) is 75.3 cm³/mol. The van der Waals surface area contributed by atoms with E-state index in [1.165, 1.54) is 0 Å². The average Bonchev–Trinajstić information content (AvgIpc) is 2.98. The zero-order chi connectivity index (χ0) is 12.5. The Morgan fingerprint density at radius 2 is 2.16 bits per heavy atom. The van der Waals surface area contributed by atoms with E-state index in [-0.39, 0.29) is 30.4 Å². The van der Waals surface area contributed by atoms with Crippen molar-refractivity contribution < 1.29 is 9.90 Å². The largest absolute Gasteiger partial charge is 0.390 e. The molecule has 19 heavy (non-hydrogen) atoms. The molecule has 0 spiro atoms. The molecule has 1 aliphatic heterocycles. The number of rotatable bonds is 2. The van der Waals surface area contributed by atoms with Crippen LogP contribution in [0.25, 0.3) is 0 Å². The van der Waals surface area contributed by atoms with Crippen molar-refractivity contribution in [1.82, 2.24) is 10.6 Å². The maximum atomic E-state index is 12.1. The first-order valence-electron chi connectivity index (χ1n) is 6.55. The molecule has 0 saturated carbocycles.